The van der Waals surface area contributed by atoms with Crippen molar-refractivity contribution in [2.45, 2.75) is 31.8 Å². The van der Waals surface area contributed by atoms with Gasteiger partial charge in [-0.2, -0.15) is 0 Å². The predicted octanol–water partition coefficient (Wildman–Crippen LogP) is 0.0175. The molecule has 2 amide bonds. The molecular weight excluding hydrogens is 212 g/mol. The lowest BCUT2D eigenvalue weighted by molar-refractivity contribution is -0.141. The van der Waals surface area contributed by atoms with Gasteiger partial charge < -0.3 is 20.4 Å². The van der Waals surface area contributed by atoms with E-state index in [1.165, 1.54) is 6.92 Å². The van der Waals surface area contributed by atoms with Crippen LogP contribution in [0.2, 0.25) is 0 Å². The number of carbonyl (C=O) groups is 2. The molecule has 0 aliphatic carbocycles. The van der Waals surface area contributed by atoms with Crippen molar-refractivity contribution in [2.75, 3.05) is 19.6 Å². The molecule has 0 saturated carbocycles. The van der Waals surface area contributed by atoms with Gasteiger partial charge in [0.05, 0.1) is 12.0 Å². The summed E-state index contributed by atoms with van der Waals surface area (Å²) in [7, 11) is 0. The van der Waals surface area contributed by atoms with Crippen LogP contribution < -0.4 is 5.32 Å². The Morgan fingerprint density at radius 3 is 2.44 bits per heavy atom. The maximum absolute atomic E-state index is 11.5. The molecule has 3 N–H and O–H groups in total. The summed E-state index contributed by atoms with van der Waals surface area (Å²) in [4.78, 5) is 23.6. The van der Waals surface area contributed by atoms with Crippen molar-refractivity contribution in [3.63, 3.8) is 0 Å². The minimum atomic E-state index is -1.40. The molecule has 1 aliphatic heterocycles. The van der Waals surface area contributed by atoms with Gasteiger partial charge in [0.15, 0.2) is 0 Å². The summed E-state index contributed by atoms with van der Waals surface area (Å²) in [6, 6.07) is -0.233. The molecule has 1 atom stereocenters. The van der Waals surface area contributed by atoms with Crippen LogP contribution >= 0.6 is 0 Å². The van der Waals surface area contributed by atoms with Gasteiger partial charge in [-0.15, -0.1) is 0 Å². The molecule has 1 unspecified atom stereocenters. The standard InChI is InChI=1S/C10H18N2O4/c1-10(16,6-8(13)14)7-11-9(15)12-4-2-3-5-12/h16H,2-7H2,1H3,(H,11,15)(H,13,14). The Labute approximate surface area is 94.2 Å². The number of aliphatic hydroxyl groups is 1. The first-order chi connectivity index (χ1) is 7.41. The molecule has 6 nitrogen and oxygen atoms in total. The van der Waals surface area contributed by atoms with E-state index >= 15 is 0 Å². The van der Waals surface area contributed by atoms with E-state index in [9.17, 15) is 14.7 Å². The first-order valence-corrected chi connectivity index (χ1v) is 5.38. The topological polar surface area (TPSA) is 89.9 Å². The van der Waals surface area contributed by atoms with Gasteiger partial charge in [0.2, 0.25) is 0 Å². The van der Waals surface area contributed by atoms with Crippen LogP contribution in [-0.2, 0) is 4.79 Å². The summed E-state index contributed by atoms with van der Waals surface area (Å²) < 4.78 is 0. The van der Waals surface area contributed by atoms with Crippen LogP contribution in [0.4, 0.5) is 4.79 Å². The Morgan fingerprint density at radius 1 is 1.38 bits per heavy atom. The lowest BCUT2D eigenvalue weighted by atomic mass is 10.0. The summed E-state index contributed by atoms with van der Waals surface area (Å²) >= 11 is 0. The van der Waals surface area contributed by atoms with Crippen molar-refractivity contribution in [1.29, 1.82) is 0 Å². The maximum Gasteiger partial charge on any atom is 0.317 e. The molecule has 1 fully saturated rings. The van der Waals surface area contributed by atoms with Crippen molar-refractivity contribution in [1.82, 2.24) is 10.2 Å². The smallest absolute Gasteiger partial charge is 0.317 e. The third-order valence-corrected chi connectivity index (χ3v) is 2.55. The minimum Gasteiger partial charge on any atom is -0.481 e. The van der Waals surface area contributed by atoms with Crippen LogP contribution in [0.25, 0.3) is 0 Å². The number of hydrogen-bond acceptors (Lipinski definition) is 3. The van der Waals surface area contributed by atoms with E-state index in [0.29, 0.717) is 0 Å². The summed E-state index contributed by atoms with van der Waals surface area (Å²) in [6.07, 6.45) is 1.62. The highest BCUT2D eigenvalue weighted by molar-refractivity contribution is 5.74. The number of urea groups is 1. The Kier molecular flexibility index (Phi) is 4.12. The van der Waals surface area contributed by atoms with E-state index in [2.05, 4.69) is 5.32 Å². The fourth-order valence-corrected chi connectivity index (χ4v) is 1.69. The number of likely N-dealkylation sites (tertiary alicyclic amines) is 1. The quantitative estimate of drug-likeness (QED) is 0.635. The SMILES string of the molecule is CC(O)(CNC(=O)N1CCCC1)CC(=O)O. The van der Waals surface area contributed by atoms with E-state index in [-0.39, 0.29) is 19.0 Å². The van der Waals surface area contributed by atoms with E-state index in [1.807, 2.05) is 0 Å². The number of amides is 2. The van der Waals surface area contributed by atoms with Crippen LogP contribution in [-0.4, -0.2) is 52.3 Å². The number of aliphatic carboxylic acids is 1. The molecular formula is C10H18N2O4. The average Bonchev–Trinajstić information content (AvgIpc) is 2.64. The fraction of sp³-hybridized carbons (Fsp3) is 0.800. The monoisotopic (exact) mass is 230 g/mol. The third-order valence-electron chi connectivity index (χ3n) is 2.55. The zero-order chi connectivity index (χ0) is 12.2. The zero-order valence-electron chi connectivity index (χ0n) is 9.40. The van der Waals surface area contributed by atoms with Crippen molar-refractivity contribution in [3.05, 3.63) is 0 Å². The Bertz CT molecular complexity index is 272. The number of carboxylic acids is 1. The summed E-state index contributed by atoms with van der Waals surface area (Å²) in [5.74, 6) is -1.08. The number of rotatable bonds is 4. The Balaban J connectivity index is 2.32. The van der Waals surface area contributed by atoms with Gasteiger partial charge >= 0.3 is 12.0 Å². The first kappa shape index (κ1) is 12.8. The van der Waals surface area contributed by atoms with Crippen LogP contribution in [0, 0.1) is 0 Å². The molecule has 0 bridgehead atoms. The molecule has 1 aliphatic rings. The molecule has 0 radical (unpaired) electrons. The third kappa shape index (κ3) is 4.06. The lowest BCUT2D eigenvalue weighted by Gasteiger charge is -2.23. The predicted molar refractivity (Wildman–Crippen MR) is 57.1 cm³/mol. The van der Waals surface area contributed by atoms with Gasteiger partial charge in [-0.05, 0) is 19.8 Å². The number of hydrogen-bond donors (Lipinski definition) is 3. The Hall–Kier alpha value is -1.30. The molecule has 92 valence electrons. The van der Waals surface area contributed by atoms with E-state index in [0.717, 1.165) is 25.9 Å². The minimum absolute atomic E-state index is 0.0470. The fourth-order valence-electron chi connectivity index (χ4n) is 1.69. The van der Waals surface area contributed by atoms with Gasteiger partial charge in [-0.3, -0.25) is 4.79 Å². The average molecular weight is 230 g/mol. The molecule has 1 heterocycles. The molecule has 0 spiro atoms. The summed E-state index contributed by atoms with van der Waals surface area (Å²) in [5.41, 5.74) is -1.40. The number of nitrogens with zero attached hydrogens (tertiary/aromatic N) is 1. The van der Waals surface area contributed by atoms with Crippen LogP contribution in [0.3, 0.4) is 0 Å². The van der Waals surface area contributed by atoms with Crippen molar-refractivity contribution in [2.24, 2.45) is 0 Å². The largest absolute Gasteiger partial charge is 0.481 e. The van der Waals surface area contributed by atoms with Gasteiger partial charge in [-0.25, -0.2) is 4.79 Å². The molecule has 0 aromatic carbocycles. The number of nitrogens with one attached hydrogen (secondary N) is 1. The summed E-state index contributed by atoms with van der Waals surface area (Å²) in [5, 5.41) is 20.7. The highest BCUT2D eigenvalue weighted by Crippen LogP contribution is 2.10. The highest BCUT2D eigenvalue weighted by Gasteiger charge is 2.26. The molecule has 16 heavy (non-hydrogen) atoms. The molecule has 0 aromatic heterocycles. The molecule has 0 aromatic rings. The number of carbonyl (C=O) groups excluding carboxylic acids is 1. The summed E-state index contributed by atoms with van der Waals surface area (Å²) in [6.45, 7) is 2.81. The zero-order valence-corrected chi connectivity index (χ0v) is 9.40. The second-order valence-electron chi connectivity index (χ2n) is 4.42. The second kappa shape index (κ2) is 5.16. The maximum atomic E-state index is 11.5. The normalized spacial score (nSPS) is 19.2. The van der Waals surface area contributed by atoms with Crippen LogP contribution in [0.15, 0.2) is 0 Å². The van der Waals surface area contributed by atoms with E-state index < -0.39 is 11.6 Å². The molecule has 1 saturated heterocycles. The van der Waals surface area contributed by atoms with Gasteiger partial charge in [0, 0.05) is 19.6 Å². The number of carboxylic acid groups (broad SMARTS) is 1. The Morgan fingerprint density at radius 2 is 1.94 bits per heavy atom. The van der Waals surface area contributed by atoms with Crippen molar-refractivity contribution < 1.29 is 19.8 Å². The highest BCUT2D eigenvalue weighted by atomic mass is 16.4. The molecule has 1 rings (SSSR count). The second-order valence-corrected chi connectivity index (χ2v) is 4.42. The van der Waals surface area contributed by atoms with Gasteiger partial charge in [-0.1, -0.05) is 0 Å². The van der Waals surface area contributed by atoms with Crippen LogP contribution in [0.1, 0.15) is 26.2 Å². The van der Waals surface area contributed by atoms with E-state index in [1.54, 1.807) is 4.90 Å². The van der Waals surface area contributed by atoms with Gasteiger partial charge in [0.25, 0.3) is 0 Å². The van der Waals surface area contributed by atoms with Crippen molar-refractivity contribution in [3.8, 4) is 0 Å². The van der Waals surface area contributed by atoms with Crippen LogP contribution in [0.5, 0.6) is 0 Å². The molecule has 6 heteroatoms. The lowest BCUT2D eigenvalue weighted by Crippen LogP contribution is -2.46. The first-order valence-electron chi connectivity index (χ1n) is 5.38. The van der Waals surface area contributed by atoms with E-state index in [4.69, 9.17) is 5.11 Å². The van der Waals surface area contributed by atoms with Gasteiger partial charge in [0.1, 0.15) is 0 Å². The van der Waals surface area contributed by atoms with Crippen molar-refractivity contribution >= 4 is 12.0 Å².